The van der Waals surface area contributed by atoms with Crippen LogP contribution in [-0.2, 0) is 7.05 Å². The molecule has 2 aromatic rings. The number of rotatable bonds is 3. The topological polar surface area (TPSA) is 72.0 Å². The van der Waals surface area contributed by atoms with Crippen molar-refractivity contribution in [2.45, 2.75) is 25.8 Å². The van der Waals surface area contributed by atoms with Gasteiger partial charge in [-0.15, -0.1) is 12.4 Å². The van der Waals surface area contributed by atoms with Gasteiger partial charge in [0.25, 0.3) is 5.89 Å². The molecule has 22 heavy (non-hydrogen) atoms. The fourth-order valence-electron chi connectivity index (χ4n) is 2.54. The van der Waals surface area contributed by atoms with Crippen molar-refractivity contribution < 1.29 is 4.52 Å². The van der Waals surface area contributed by atoms with Gasteiger partial charge in [-0.1, -0.05) is 19.0 Å². The molecule has 3 rings (SSSR count). The van der Waals surface area contributed by atoms with Crippen LogP contribution < -0.4 is 5.32 Å². The maximum Gasteiger partial charge on any atom is 0.276 e. The summed E-state index contributed by atoms with van der Waals surface area (Å²) >= 11 is 0. The molecule has 0 radical (unpaired) electrons. The molecule has 1 aliphatic heterocycles. The lowest BCUT2D eigenvalue weighted by Gasteiger charge is -2.30. The first-order chi connectivity index (χ1) is 10.1. The van der Waals surface area contributed by atoms with Crippen molar-refractivity contribution in [3.8, 4) is 11.6 Å². The number of piperazine rings is 1. The van der Waals surface area contributed by atoms with E-state index in [4.69, 9.17) is 4.52 Å². The van der Waals surface area contributed by atoms with Crippen LogP contribution in [0.15, 0.2) is 10.6 Å². The molecule has 1 aliphatic rings. The molecule has 1 N–H and O–H groups in total. The SMILES string of the molecule is CC(C)c1cc(-c2nc(C3CNCCN3C)no2)n(C)n1.Cl. The minimum absolute atomic E-state index is 0. The summed E-state index contributed by atoms with van der Waals surface area (Å²) in [6, 6.07) is 2.18. The lowest BCUT2D eigenvalue weighted by molar-refractivity contribution is 0.190. The van der Waals surface area contributed by atoms with Gasteiger partial charge < -0.3 is 9.84 Å². The van der Waals surface area contributed by atoms with Crippen molar-refractivity contribution in [2.24, 2.45) is 7.05 Å². The Hall–Kier alpha value is -1.44. The smallest absolute Gasteiger partial charge is 0.276 e. The summed E-state index contributed by atoms with van der Waals surface area (Å²) in [5.41, 5.74) is 1.90. The molecule has 0 saturated carbocycles. The summed E-state index contributed by atoms with van der Waals surface area (Å²) in [4.78, 5) is 6.81. The number of nitrogens with zero attached hydrogens (tertiary/aromatic N) is 5. The monoisotopic (exact) mass is 326 g/mol. The van der Waals surface area contributed by atoms with Crippen molar-refractivity contribution in [1.29, 1.82) is 0 Å². The maximum absolute atomic E-state index is 5.45. The Morgan fingerprint density at radius 3 is 2.77 bits per heavy atom. The van der Waals surface area contributed by atoms with E-state index in [2.05, 4.69) is 46.4 Å². The highest BCUT2D eigenvalue weighted by atomic mass is 35.5. The molecule has 0 aromatic carbocycles. The largest absolute Gasteiger partial charge is 0.332 e. The van der Waals surface area contributed by atoms with Crippen molar-refractivity contribution >= 4 is 12.4 Å². The Labute approximate surface area is 136 Å². The molecule has 0 amide bonds. The van der Waals surface area contributed by atoms with Gasteiger partial charge >= 0.3 is 0 Å². The summed E-state index contributed by atoms with van der Waals surface area (Å²) in [7, 11) is 3.99. The molecule has 0 bridgehead atoms. The molecule has 2 aromatic heterocycles. The summed E-state index contributed by atoms with van der Waals surface area (Å²) in [6.07, 6.45) is 0. The Morgan fingerprint density at radius 1 is 1.36 bits per heavy atom. The van der Waals surface area contributed by atoms with E-state index in [1.807, 2.05) is 13.1 Å². The second-order valence-electron chi connectivity index (χ2n) is 5.89. The standard InChI is InChI=1S/C14H22N6O.ClH/c1-9(2)10-7-11(20(4)17-10)14-16-13(18-21-14)12-8-15-5-6-19(12)3;/h7,9,12,15H,5-6,8H2,1-4H3;1H. The third-order valence-corrected chi connectivity index (χ3v) is 3.96. The molecule has 1 fully saturated rings. The van der Waals surface area contributed by atoms with Gasteiger partial charge in [0.15, 0.2) is 5.82 Å². The van der Waals surface area contributed by atoms with Crippen LogP contribution in [-0.4, -0.2) is 51.5 Å². The second-order valence-corrected chi connectivity index (χ2v) is 5.89. The summed E-state index contributed by atoms with van der Waals surface area (Å²) in [6.45, 7) is 7.06. The van der Waals surface area contributed by atoms with E-state index < -0.39 is 0 Å². The predicted molar refractivity (Wildman–Crippen MR) is 86.1 cm³/mol. The molecule has 7 nitrogen and oxygen atoms in total. The number of aryl methyl sites for hydroxylation is 1. The first-order valence-electron chi connectivity index (χ1n) is 7.35. The Bertz CT molecular complexity index is 623. The van der Waals surface area contributed by atoms with Crippen LogP contribution in [0.5, 0.6) is 0 Å². The highest BCUT2D eigenvalue weighted by molar-refractivity contribution is 5.85. The Balaban J connectivity index is 0.00000176. The molecule has 8 heteroatoms. The van der Waals surface area contributed by atoms with Crippen LogP contribution in [0, 0.1) is 0 Å². The van der Waals surface area contributed by atoms with Gasteiger partial charge in [-0.3, -0.25) is 9.58 Å². The number of halogens is 1. The maximum atomic E-state index is 5.45. The summed E-state index contributed by atoms with van der Waals surface area (Å²) in [5.74, 6) is 1.64. The first-order valence-corrected chi connectivity index (χ1v) is 7.35. The third-order valence-electron chi connectivity index (χ3n) is 3.96. The molecular formula is C14H23ClN6O. The van der Waals surface area contributed by atoms with Crippen LogP contribution in [0.4, 0.5) is 0 Å². The third kappa shape index (κ3) is 3.16. The van der Waals surface area contributed by atoms with Gasteiger partial charge in [0, 0.05) is 26.7 Å². The van der Waals surface area contributed by atoms with Gasteiger partial charge in [0.1, 0.15) is 5.69 Å². The van der Waals surface area contributed by atoms with E-state index in [-0.39, 0.29) is 18.4 Å². The first kappa shape index (κ1) is 16.9. The average molecular weight is 327 g/mol. The van der Waals surface area contributed by atoms with Crippen LogP contribution in [0.2, 0.25) is 0 Å². The van der Waals surface area contributed by atoms with Crippen molar-refractivity contribution in [3.05, 3.63) is 17.6 Å². The number of nitrogens with one attached hydrogen (secondary N) is 1. The van der Waals surface area contributed by atoms with Gasteiger partial charge in [-0.2, -0.15) is 10.1 Å². The number of likely N-dealkylation sites (N-methyl/N-ethyl adjacent to an activating group) is 1. The van der Waals surface area contributed by atoms with E-state index >= 15 is 0 Å². The average Bonchev–Trinajstić information content (AvgIpc) is 3.05. The molecule has 0 aliphatic carbocycles. The molecule has 0 spiro atoms. The Kier molecular flexibility index (Phi) is 5.20. The van der Waals surface area contributed by atoms with Crippen molar-refractivity contribution in [1.82, 2.24) is 30.1 Å². The van der Waals surface area contributed by atoms with Crippen molar-refractivity contribution in [2.75, 3.05) is 26.7 Å². The zero-order chi connectivity index (χ0) is 15.0. The molecule has 1 unspecified atom stereocenters. The van der Waals surface area contributed by atoms with E-state index in [0.29, 0.717) is 11.8 Å². The van der Waals surface area contributed by atoms with Gasteiger partial charge in [0.2, 0.25) is 0 Å². The fraction of sp³-hybridized carbons (Fsp3) is 0.643. The van der Waals surface area contributed by atoms with E-state index in [0.717, 1.165) is 36.8 Å². The number of aromatic nitrogens is 4. The second kappa shape index (κ2) is 6.76. The van der Waals surface area contributed by atoms with E-state index in [9.17, 15) is 0 Å². The molecule has 1 saturated heterocycles. The zero-order valence-corrected chi connectivity index (χ0v) is 14.2. The molecular weight excluding hydrogens is 304 g/mol. The van der Waals surface area contributed by atoms with Gasteiger partial charge in [-0.05, 0) is 19.0 Å². The lowest BCUT2D eigenvalue weighted by Crippen LogP contribution is -2.44. The van der Waals surface area contributed by atoms with Crippen LogP contribution in [0.3, 0.4) is 0 Å². The predicted octanol–water partition coefficient (Wildman–Crippen LogP) is 1.59. The summed E-state index contributed by atoms with van der Waals surface area (Å²) < 4.78 is 7.25. The summed E-state index contributed by atoms with van der Waals surface area (Å²) in [5, 5.41) is 12.0. The van der Waals surface area contributed by atoms with Crippen LogP contribution >= 0.6 is 12.4 Å². The molecule has 3 heterocycles. The highest BCUT2D eigenvalue weighted by Gasteiger charge is 2.26. The number of hydrogen-bond donors (Lipinski definition) is 1. The Morgan fingerprint density at radius 2 is 2.14 bits per heavy atom. The van der Waals surface area contributed by atoms with Crippen LogP contribution in [0.1, 0.15) is 37.3 Å². The molecule has 122 valence electrons. The van der Waals surface area contributed by atoms with Crippen molar-refractivity contribution in [3.63, 3.8) is 0 Å². The van der Waals surface area contributed by atoms with Crippen LogP contribution in [0.25, 0.3) is 11.6 Å². The minimum atomic E-state index is 0. The van der Waals surface area contributed by atoms with E-state index in [1.54, 1.807) is 4.68 Å². The normalized spacial score (nSPS) is 19.4. The van der Waals surface area contributed by atoms with Gasteiger partial charge in [0.05, 0.1) is 11.7 Å². The highest BCUT2D eigenvalue weighted by Crippen LogP contribution is 2.24. The van der Waals surface area contributed by atoms with E-state index in [1.165, 1.54) is 0 Å². The zero-order valence-electron chi connectivity index (χ0n) is 13.4. The minimum Gasteiger partial charge on any atom is -0.332 e. The lowest BCUT2D eigenvalue weighted by atomic mass is 10.1. The van der Waals surface area contributed by atoms with Gasteiger partial charge in [-0.25, -0.2) is 0 Å². The quantitative estimate of drug-likeness (QED) is 0.923. The number of hydrogen-bond acceptors (Lipinski definition) is 6. The fourth-order valence-corrected chi connectivity index (χ4v) is 2.54. The molecule has 1 atom stereocenters.